The molecule has 27 heavy (non-hydrogen) atoms. The van der Waals surface area contributed by atoms with Crippen molar-refractivity contribution in [3.63, 3.8) is 0 Å². The molecule has 1 aliphatic rings. The van der Waals surface area contributed by atoms with Gasteiger partial charge in [-0.1, -0.05) is 18.2 Å². The van der Waals surface area contributed by atoms with Gasteiger partial charge in [-0.15, -0.1) is 0 Å². The first kappa shape index (κ1) is 18.8. The first-order valence-corrected chi connectivity index (χ1v) is 9.02. The minimum atomic E-state index is -0.280. The smallest absolute Gasteiger partial charge is 0.322 e. The second-order valence-corrected chi connectivity index (χ2v) is 6.28. The van der Waals surface area contributed by atoms with E-state index in [1.54, 1.807) is 15.9 Å². The Hall–Kier alpha value is -2.94. The number of anilines is 1. The van der Waals surface area contributed by atoms with Crippen molar-refractivity contribution in [1.29, 1.82) is 0 Å². The Kier molecular flexibility index (Phi) is 6.75. The van der Waals surface area contributed by atoms with E-state index in [9.17, 15) is 9.59 Å². The third-order valence-corrected chi connectivity index (χ3v) is 4.29. The summed E-state index contributed by atoms with van der Waals surface area (Å²) in [5.41, 5.74) is 0.727. The number of morpholine rings is 1. The van der Waals surface area contributed by atoms with Gasteiger partial charge in [0, 0.05) is 31.7 Å². The molecule has 9 nitrogen and oxygen atoms in total. The second kappa shape index (κ2) is 9.67. The van der Waals surface area contributed by atoms with E-state index in [2.05, 4.69) is 20.7 Å². The Morgan fingerprint density at radius 3 is 2.89 bits per heavy atom. The van der Waals surface area contributed by atoms with Gasteiger partial charge in [-0.3, -0.25) is 9.48 Å². The van der Waals surface area contributed by atoms with Gasteiger partial charge in [-0.05, 0) is 18.6 Å². The van der Waals surface area contributed by atoms with Crippen LogP contribution in [0.2, 0.25) is 0 Å². The number of aromatic nitrogens is 3. The van der Waals surface area contributed by atoms with E-state index in [-0.39, 0.29) is 24.4 Å². The third kappa shape index (κ3) is 5.78. The molecule has 2 N–H and O–H groups in total. The van der Waals surface area contributed by atoms with Crippen LogP contribution in [0.5, 0.6) is 0 Å². The summed E-state index contributed by atoms with van der Waals surface area (Å²) in [6.07, 6.45) is 4.10. The zero-order chi connectivity index (χ0) is 18.9. The summed E-state index contributed by atoms with van der Waals surface area (Å²) in [6.45, 7) is 2.52. The molecule has 2 heterocycles. The number of rotatable bonds is 7. The zero-order valence-corrected chi connectivity index (χ0v) is 15.1. The average molecular weight is 372 g/mol. The number of urea groups is 1. The van der Waals surface area contributed by atoms with Gasteiger partial charge in [-0.2, -0.15) is 5.10 Å². The van der Waals surface area contributed by atoms with Crippen LogP contribution in [-0.4, -0.2) is 63.9 Å². The first-order chi connectivity index (χ1) is 13.2. The van der Waals surface area contributed by atoms with Crippen LogP contribution in [0.25, 0.3) is 0 Å². The molecule has 2 aromatic rings. The largest absolute Gasteiger partial charge is 0.377 e. The molecule has 0 spiro atoms. The van der Waals surface area contributed by atoms with Gasteiger partial charge in [0.2, 0.25) is 5.91 Å². The molecule has 9 heteroatoms. The number of ether oxygens (including phenoxy) is 1. The number of nitrogens with one attached hydrogen (secondary N) is 2. The molecule has 0 bridgehead atoms. The van der Waals surface area contributed by atoms with E-state index >= 15 is 0 Å². The molecule has 0 aliphatic carbocycles. The number of carbonyl (C=O) groups excluding carboxylic acids is 2. The highest BCUT2D eigenvalue weighted by Crippen LogP contribution is 2.14. The fraction of sp³-hybridized carbons (Fsp3) is 0.444. The van der Waals surface area contributed by atoms with Gasteiger partial charge in [0.1, 0.15) is 12.7 Å². The predicted molar refractivity (Wildman–Crippen MR) is 99.0 cm³/mol. The van der Waals surface area contributed by atoms with E-state index in [4.69, 9.17) is 4.74 Å². The molecule has 1 aliphatic heterocycles. The predicted octanol–water partition coefficient (Wildman–Crippen LogP) is 1.11. The van der Waals surface area contributed by atoms with Crippen molar-refractivity contribution >= 4 is 17.6 Å². The van der Waals surface area contributed by atoms with Crippen molar-refractivity contribution in [2.75, 3.05) is 31.6 Å². The monoisotopic (exact) mass is 372 g/mol. The Labute approximate surface area is 157 Å². The summed E-state index contributed by atoms with van der Waals surface area (Å²) in [5, 5.41) is 9.77. The Morgan fingerprint density at radius 1 is 1.26 bits per heavy atom. The highest BCUT2D eigenvalue weighted by atomic mass is 16.5. The van der Waals surface area contributed by atoms with Crippen molar-refractivity contribution < 1.29 is 14.3 Å². The molecule has 0 saturated carbocycles. The number of hydrogen-bond donors (Lipinski definition) is 2. The van der Waals surface area contributed by atoms with Crippen LogP contribution in [0, 0.1) is 0 Å². The lowest BCUT2D eigenvalue weighted by molar-refractivity contribution is -0.123. The number of benzene rings is 1. The maximum absolute atomic E-state index is 12.6. The topological polar surface area (TPSA) is 101 Å². The second-order valence-electron chi connectivity index (χ2n) is 6.28. The zero-order valence-electron chi connectivity index (χ0n) is 15.1. The van der Waals surface area contributed by atoms with Gasteiger partial charge >= 0.3 is 6.03 Å². The fourth-order valence-electron chi connectivity index (χ4n) is 2.91. The Morgan fingerprint density at radius 2 is 2.11 bits per heavy atom. The molecule has 144 valence electrons. The van der Waals surface area contributed by atoms with Gasteiger partial charge in [0.05, 0.1) is 19.3 Å². The SMILES string of the molecule is O=C(C[C@@H]1COCCN1C(=O)Nc1ccccc1)NCCCn1cncn1. The summed E-state index contributed by atoms with van der Waals surface area (Å²) in [4.78, 5) is 30.3. The van der Waals surface area contributed by atoms with Gasteiger partial charge in [0.15, 0.2) is 0 Å². The molecule has 1 aromatic heterocycles. The quantitative estimate of drug-likeness (QED) is 0.709. The normalized spacial score (nSPS) is 16.7. The summed E-state index contributed by atoms with van der Waals surface area (Å²) in [5.74, 6) is -0.0957. The molecule has 3 amide bonds. The lowest BCUT2D eigenvalue weighted by Crippen LogP contribution is -2.52. The van der Waals surface area contributed by atoms with Gasteiger partial charge in [-0.25, -0.2) is 9.78 Å². The summed E-state index contributed by atoms with van der Waals surface area (Å²) < 4.78 is 7.19. The van der Waals surface area contributed by atoms with Crippen molar-refractivity contribution in [3.8, 4) is 0 Å². The fourth-order valence-corrected chi connectivity index (χ4v) is 2.91. The van der Waals surface area contributed by atoms with E-state index in [0.717, 1.165) is 12.1 Å². The first-order valence-electron chi connectivity index (χ1n) is 9.02. The van der Waals surface area contributed by atoms with Crippen molar-refractivity contribution in [2.45, 2.75) is 25.4 Å². The molecule has 0 radical (unpaired) electrons. The van der Waals surface area contributed by atoms with Crippen LogP contribution in [0.4, 0.5) is 10.5 Å². The molecule has 1 saturated heterocycles. The van der Waals surface area contributed by atoms with E-state index in [1.807, 2.05) is 30.3 Å². The van der Waals surface area contributed by atoms with Crippen molar-refractivity contribution in [2.24, 2.45) is 0 Å². The van der Waals surface area contributed by atoms with Gasteiger partial charge < -0.3 is 20.3 Å². The number of carbonyl (C=O) groups is 2. The van der Waals surface area contributed by atoms with Crippen LogP contribution < -0.4 is 10.6 Å². The van der Waals surface area contributed by atoms with Crippen LogP contribution >= 0.6 is 0 Å². The molecule has 1 atom stereocenters. The lowest BCUT2D eigenvalue weighted by atomic mass is 10.1. The summed E-state index contributed by atoms with van der Waals surface area (Å²) >= 11 is 0. The highest BCUT2D eigenvalue weighted by molar-refractivity contribution is 5.90. The molecule has 3 rings (SSSR count). The number of para-hydroxylation sites is 1. The summed E-state index contributed by atoms with van der Waals surface area (Å²) in [6, 6.07) is 8.77. The number of hydrogen-bond acceptors (Lipinski definition) is 5. The van der Waals surface area contributed by atoms with Crippen molar-refractivity contribution in [3.05, 3.63) is 43.0 Å². The highest BCUT2D eigenvalue weighted by Gasteiger charge is 2.29. The minimum Gasteiger partial charge on any atom is -0.377 e. The Bertz CT molecular complexity index is 722. The van der Waals surface area contributed by atoms with E-state index in [0.29, 0.717) is 32.8 Å². The maximum Gasteiger partial charge on any atom is 0.322 e. The van der Waals surface area contributed by atoms with Crippen LogP contribution in [-0.2, 0) is 16.1 Å². The number of aryl methyl sites for hydroxylation is 1. The molecule has 0 unspecified atom stereocenters. The molecular weight excluding hydrogens is 348 g/mol. The minimum absolute atomic E-state index is 0.0957. The maximum atomic E-state index is 12.6. The third-order valence-electron chi connectivity index (χ3n) is 4.29. The van der Waals surface area contributed by atoms with Crippen molar-refractivity contribution in [1.82, 2.24) is 25.0 Å². The molecule has 1 fully saturated rings. The van der Waals surface area contributed by atoms with Gasteiger partial charge in [0.25, 0.3) is 0 Å². The standard InChI is InChI=1S/C18H24N6O3/c25-17(20-7-4-8-23-14-19-13-21-23)11-16-12-27-10-9-24(16)18(26)22-15-5-2-1-3-6-15/h1-3,5-6,13-14,16H,4,7-12H2,(H,20,25)(H,22,26)/t16-/m1/s1. The molecular formula is C18H24N6O3. The van der Waals surface area contributed by atoms with Crippen LogP contribution in [0.1, 0.15) is 12.8 Å². The molecule has 1 aromatic carbocycles. The van der Waals surface area contributed by atoms with E-state index < -0.39 is 0 Å². The lowest BCUT2D eigenvalue weighted by Gasteiger charge is -2.35. The number of nitrogens with zero attached hydrogens (tertiary/aromatic N) is 4. The summed E-state index contributed by atoms with van der Waals surface area (Å²) in [7, 11) is 0. The Balaban J connectivity index is 1.44. The number of amides is 3. The van der Waals surface area contributed by atoms with Crippen LogP contribution in [0.15, 0.2) is 43.0 Å². The van der Waals surface area contributed by atoms with E-state index in [1.165, 1.54) is 6.33 Å². The average Bonchev–Trinajstić information content (AvgIpc) is 3.20. The van der Waals surface area contributed by atoms with Crippen LogP contribution in [0.3, 0.4) is 0 Å².